The fraction of sp³-hybridized carbons (Fsp3) is 1.00. The lowest BCUT2D eigenvalue weighted by Gasteiger charge is -2.23. The lowest BCUT2D eigenvalue weighted by Crippen LogP contribution is -2.28. The average molecular weight is 592 g/mol. The Hall–Kier alpha value is -0.0400. The number of hydrogen-bond acceptors (Lipinski definition) is 1. The first kappa shape index (κ1) is 42.0. The van der Waals surface area contributed by atoms with E-state index in [1.54, 1.807) is 0 Å². The van der Waals surface area contributed by atoms with Crippen LogP contribution in [-0.4, -0.2) is 24.5 Å². The fourth-order valence-corrected chi connectivity index (χ4v) is 6.54. The quantitative estimate of drug-likeness (QED) is 0.0649. The van der Waals surface area contributed by atoms with Gasteiger partial charge in [-0.1, -0.05) is 220 Å². The van der Waals surface area contributed by atoms with Crippen LogP contribution in [0.4, 0.5) is 0 Å². The summed E-state index contributed by atoms with van der Waals surface area (Å²) in [6.07, 6.45) is 48.2. The molecule has 0 bridgehead atoms. The maximum absolute atomic E-state index is 2.81. The van der Waals surface area contributed by atoms with Crippen molar-refractivity contribution in [1.82, 2.24) is 4.90 Å². The van der Waals surface area contributed by atoms with Gasteiger partial charge in [0.2, 0.25) is 0 Å². The van der Waals surface area contributed by atoms with Gasteiger partial charge in [-0.05, 0) is 44.8 Å². The van der Waals surface area contributed by atoms with Crippen molar-refractivity contribution < 1.29 is 0 Å². The van der Waals surface area contributed by atoms with Crippen LogP contribution in [-0.2, 0) is 0 Å². The molecule has 254 valence electrons. The van der Waals surface area contributed by atoms with Gasteiger partial charge in [0.25, 0.3) is 0 Å². The van der Waals surface area contributed by atoms with E-state index in [9.17, 15) is 0 Å². The van der Waals surface area contributed by atoms with Gasteiger partial charge in [-0.15, -0.1) is 0 Å². The number of unbranched alkanes of at least 4 members (excludes halogenated alkanes) is 30. The molecule has 1 heteroatoms. The molecule has 0 heterocycles. The zero-order valence-electron chi connectivity index (χ0n) is 30.5. The summed E-state index contributed by atoms with van der Waals surface area (Å²) in [5.74, 6) is 0.837. The fourth-order valence-electron chi connectivity index (χ4n) is 6.54. The van der Waals surface area contributed by atoms with Crippen molar-refractivity contribution in [2.75, 3.05) is 19.6 Å². The normalized spacial score (nSPS) is 11.9. The maximum Gasteiger partial charge on any atom is -0.00163 e. The van der Waals surface area contributed by atoms with Gasteiger partial charge in [0, 0.05) is 0 Å². The van der Waals surface area contributed by atoms with Crippen molar-refractivity contribution in [2.45, 2.75) is 240 Å². The van der Waals surface area contributed by atoms with Gasteiger partial charge in [-0.25, -0.2) is 0 Å². The molecule has 0 atom stereocenters. The highest BCUT2D eigenvalue weighted by molar-refractivity contribution is 4.61. The summed E-state index contributed by atoms with van der Waals surface area (Å²) < 4.78 is 0. The standard InChI is InChI=1S/C41H85N/c1-5-7-9-11-13-15-17-19-21-23-25-27-29-31-33-35-38-42(40-37-41(3)4)39-36-34-32-30-28-26-24-22-20-18-16-14-12-10-8-6-2/h41H,5-40H2,1-4H3. The largest absolute Gasteiger partial charge is 0.303 e. The Morgan fingerprint density at radius 1 is 0.286 bits per heavy atom. The molecule has 0 unspecified atom stereocenters. The van der Waals surface area contributed by atoms with E-state index >= 15 is 0 Å². The highest BCUT2D eigenvalue weighted by Gasteiger charge is 2.06. The predicted octanol–water partition coefficient (Wildman–Crippen LogP) is 14.9. The molecular formula is C41H85N. The summed E-state index contributed by atoms with van der Waals surface area (Å²) in [6.45, 7) is 13.4. The van der Waals surface area contributed by atoms with Crippen molar-refractivity contribution in [3.8, 4) is 0 Å². The van der Waals surface area contributed by atoms with E-state index in [2.05, 4.69) is 32.6 Å². The van der Waals surface area contributed by atoms with Crippen molar-refractivity contribution in [1.29, 1.82) is 0 Å². The van der Waals surface area contributed by atoms with Crippen LogP contribution in [0.3, 0.4) is 0 Å². The van der Waals surface area contributed by atoms with Crippen LogP contribution in [0.2, 0.25) is 0 Å². The summed E-state index contributed by atoms with van der Waals surface area (Å²) >= 11 is 0. The highest BCUT2D eigenvalue weighted by Crippen LogP contribution is 2.16. The van der Waals surface area contributed by atoms with Gasteiger partial charge in [-0.2, -0.15) is 0 Å². The minimum Gasteiger partial charge on any atom is -0.303 e. The van der Waals surface area contributed by atoms with Gasteiger partial charge in [0.1, 0.15) is 0 Å². The second-order valence-electron chi connectivity index (χ2n) is 14.6. The molecule has 0 radical (unpaired) electrons. The smallest absolute Gasteiger partial charge is 0.00163 e. The lowest BCUT2D eigenvalue weighted by molar-refractivity contribution is 0.246. The summed E-state index contributed by atoms with van der Waals surface area (Å²) in [4.78, 5) is 2.81. The zero-order chi connectivity index (χ0) is 30.6. The van der Waals surface area contributed by atoms with Crippen molar-refractivity contribution in [2.24, 2.45) is 5.92 Å². The molecule has 0 aliphatic rings. The van der Waals surface area contributed by atoms with Crippen molar-refractivity contribution in [3.05, 3.63) is 0 Å². The highest BCUT2D eigenvalue weighted by atomic mass is 15.1. The van der Waals surface area contributed by atoms with E-state index < -0.39 is 0 Å². The molecule has 0 N–H and O–H groups in total. The minimum absolute atomic E-state index is 0.837. The van der Waals surface area contributed by atoms with E-state index in [1.165, 1.54) is 232 Å². The SMILES string of the molecule is CCCCCCCCCCCCCCCCCCN(CCCCCCCCCCCCCCCCCC)CCC(C)C. The van der Waals surface area contributed by atoms with E-state index in [4.69, 9.17) is 0 Å². The molecule has 0 aliphatic carbocycles. The second-order valence-corrected chi connectivity index (χ2v) is 14.6. The summed E-state index contributed by atoms with van der Waals surface area (Å²) in [6, 6.07) is 0. The Kier molecular flexibility index (Phi) is 37.1. The van der Waals surface area contributed by atoms with E-state index in [-0.39, 0.29) is 0 Å². The van der Waals surface area contributed by atoms with Crippen LogP contribution in [0.15, 0.2) is 0 Å². The van der Waals surface area contributed by atoms with Crippen molar-refractivity contribution >= 4 is 0 Å². The van der Waals surface area contributed by atoms with E-state index in [0.29, 0.717) is 0 Å². The van der Waals surface area contributed by atoms with Gasteiger partial charge in [-0.3, -0.25) is 0 Å². The van der Waals surface area contributed by atoms with Crippen LogP contribution in [0, 0.1) is 5.92 Å². The summed E-state index contributed by atoms with van der Waals surface area (Å²) in [5, 5.41) is 0. The van der Waals surface area contributed by atoms with Crippen molar-refractivity contribution in [3.63, 3.8) is 0 Å². The molecule has 0 spiro atoms. The maximum atomic E-state index is 2.81. The van der Waals surface area contributed by atoms with E-state index in [0.717, 1.165) is 5.92 Å². The summed E-state index contributed by atoms with van der Waals surface area (Å²) in [7, 11) is 0. The van der Waals surface area contributed by atoms with E-state index in [1.807, 2.05) is 0 Å². The molecule has 0 aliphatic heterocycles. The number of nitrogens with zero attached hydrogens (tertiary/aromatic N) is 1. The second kappa shape index (κ2) is 37.1. The average Bonchev–Trinajstić information content (AvgIpc) is 2.98. The Labute approximate surface area is 269 Å². The third-order valence-corrected chi connectivity index (χ3v) is 9.68. The first-order valence-corrected chi connectivity index (χ1v) is 20.4. The predicted molar refractivity (Wildman–Crippen MR) is 195 cm³/mol. The Bertz CT molecular complexity index is 422. The molecule has 0 rings (SSSR count). The van der Waals surface area contributed by atoms with Crippen LogP contribution in [0.25, 0.3) is 0 Å². The van der Waals surface area contributed by atoms with Crippen LogP contribution < -0.4 is 0 Å². The molecule has 1 nitrogen and oxygen atoms in total. The molecule has 0 saturated carbocycles. The minimum atomic E-state index is 0.837. The topological polar surface area (TPSA) is 3.24 Å². The molecule has 42 heavy (non-hydrogen) atoms. The Balaban J connectivity index is 3.54. The Morgan fingerprint density at radius 2 is 0.500 bits per heavy atom. The molecule has 0 fully saturated rings. The zero-order valence-corrected chi connectivity index (χ0v) is 30.5. The first-order valence-electron chi connectivity index (χ1n) is 20.4. The summed E-state index contributed by atoms with van der Waals surface area (Å²) in [5.41, 5.74) is 0. The van der Waals surface area contributed by atoms with Gasteiger partial charge >= 0.3 is 0 Å². The van der Waals surface area contributed by atoms with Crippen LogP contribution in [0.5, 0.6) is 0 Å². The number of rotatable bonds is 37. The van der Waals surface area contributed by atoms with Crippen LogP contribution in [0.1, 0.15) is 240 Å². The molecule has 0 aromatic carbocycles. The molecular weight excluding hydrogens is 506 g/mol. The van der Waals surface area contributed by atoms with Crippen LogP contribution >= 0.6 is 0 Å². The first-order chi connectivity index (χ1) is 20.7. The number of hydrogen-bond donors (Lipinski definition) is 0. The monoisotopic (exact) mass is 592 g/mol. The molecule has 0 aromatic heterocycles. The molecule has 0 aromatic rings. The lowest BCUT2D eigenvalue weighted by atomic mass is 10.0. The van der Waals surface area contributed by atoms with Gasteiger partial charge in [0.15, 0.2) is 0 Å². The third kappa shape index (κ3) is 36.2. The molecule has 0 amide bonds. The van der Waals surface area contributed by atoms with Gasteiger partial charge in [0.05, 0.1) is 0 Å². The Morgan fingerprint density at radius 3 is 0.714 bits per heavy atom. The van der Waals surface area contributed by atoms with Gasteiger partial charge < -0.3 is 4.90 Å². The third-order valence-electron chi connectivity index (χ3n) is 9.68. The molecule has 0 saturated heterocycles.